The van der Waals surface area contributed by atoms with Crippen molar-refractivity contribution in [2.45, 2.75) is 39.0 Å². The molecule has 8 nitrogen and oxygen atoms in total. The first-order valence-corrected chi connectivity index (χ1v) is 15.0. The maximum absolute atomic E-state index is 13.5. The van der Waals surface area contributed by atoms with Crippen LogP contribution in [-0.4, -0.2) is 70.6 Å². The van der Waals surface area contributed by atoms with Crippen LogP contribution in [0.25, 0.3) is 11.1 Å². The highest BCUT2D eigenvalue weighted by Crippen LogP contribution is 2.30. The highest BCUT2D eigenvalue weighted by Gasteiger charge is 2.31. The van der Waals surface area contributed by atoms with Gasteiger partial charge in [0.05, 0.1) is 19.1 Å². The fourth-order valence-electron chi connectivity index (χ4n) is 5.55. The maximum Gasteiger partial charge on any atom is 0.255 e. The van der Waals surface area contributed by atoms with E-state index in [-0.39, 0.29) is 42.9 Å². The van der Waals surface area contributed by atoms with Crippen molar-refractivity contribution in [3.8, 4) is 16.9 Å². The zero-order valence-corrected chi connectivity index (χ0v) is 25.5. The molecule has 0 aliphatic carbocycles. The molecule has 1 aromatic heterocycles. The topological polar surface area (TPSA) is 95.0 Å². The first kappa shape index (κ1) is 30.9. The average Bonchev–Trinajstić information content (AvgIpc) is 3.09. The predicted molar refractivity (Wildman–Crippen MR) is 172 cm³/mol. The first-order valence-electron chi connectivity index (χ1n) is 15.0. The van der Waals surface area contributed by atoms with E-state index in [1.54, 1.807) is 41.6 Å². The van der Waals surface area contributed by atoms with Gasteiger partial charge in [0.25, 0.3) is 5.91 Å². The van der Waals surface area contributed by atoms with Crippen molar-refractivity contribution in [1.82, 2.24) is 14.8 Å². The van der Waals surface area contributed by atoms with Crippen LogP contribution in [0.1, 0.15) is 35.3 Å². The van der Waals surface area contributed by atoms with Crippen molar-refractivity contribution < 1.29 is 19.4 Å². The SMILES string of the molecule is C[C@@H]1CN([C@H](C)CO)C(=O)Cc2cc(NC(=O)c3ccncc3)ccc2O[C@@H]1CN(C)Cc1ccc(-c2ccccc2)cc1. The number of hydrogen-bond donors (Lipinski definition) is 2. The van der Waals surface area contributed by atoms with E-state index >= 15 is 0 Å². The third-order valence-corrected chi connectivity index (χ3v) is 8.12. The number of benzene rings is 3. The molecule has 8 heteroatoms. The van der Waals surface area contributed by atoms with E-state index in [4.69, 9.17) is 4.74 Å². The number of ether oxygens (including phenoxy) is 1. The van der Waals surface area contributed by atoms with E-state index in [0.717, 1.165) is 6.54 Å². The van der Waals surface area contributed by atoms with Crippen molar-refractivity contribution in [1.29, 1.82) is 0 Å². The number of rotatable bonds is 9. The molecule has 1 aliphatic rings. The number of fused-ring (bicyclic) bond motifs is 1. The normalized spacial score (nSPS) is 17.6. The van der Waals surface area contributed by atoms with Crippen LogP contribution in [0, 0.1) is 5.92 Å². The van der Waals surface area contributed by atoms with Gasteiger partial charge in [-0.15, -0.1) is 0 Å². The molecule has 0 fully saturated rings. The molecular formula is C36H40N4O4. The molecular weight excluding hydrogens is 552 g/mol. The van der Waals surface area contributed by atoms with E-state index in [2.05, 4.69) is 65.6 Å². The molecule has 0 unspecified atom stereocenters. The molecule has 0 radical (unpaired) electrons. The molecule has 2 N–H and O–H groups in total. The number of aromatic nitrogens is 1. The Morgan fingerprint density at radius 3 is 2.45 bits per heavy atom. The summed E-state index contributed by atoms with van der Waals surface area (Å²) in [5.41, 5.74) is 5.32. The second-order valence-electron chi connectivity index (χ2n) is 11.7. The number of anilines is 1. The lowest BCUT2D eigenvalue weighted by atomic mass is 10.0. The highest BCUT2D eigenvalue weighted by atomic mass is 16.5. The molecule has 1 aliphatic heterocycles. The van der Waals surface area contributed by atoms with E-state index in [1.807, 2.05) is 31.2 Å². The number of carbonyl (C=O) groups is 2. The van der Waals surface area contributed by atoms with Crippen LogP contribution in [0.4, 0.5) is 5.69 Å². The lowest BCUT2D eigenvalue weighted by Gasteiger charge is -2.34. The molecule has 0 saturated carbocycles. The minimum Gasteiger partial charge on any atom is -0.488 e. The second kappa shape index (κ2) is 14.3. The second-order valence-corrected chi connectivity index (χ2v) is 11.7. The largest absolute Gasteiger partial charge is 0.488 e. The molecule has 5 rings (SSSR count). The van der Waals surface area contributed by atoms with E-state index in [1.165, 1.54) is 16.7 Å². The third-order valence-electron chi connectivity index (χ3n) is 8.12. The van der Waals surface area contributed by atoms with Crippen molar-refractivity contribution in [3.05, 3.63) is 114 Å². The molecule has 3 atom stereocenters. The zero-order valence-electron chi connectivity index (χ0n) is 25.5. The Morgan fingerprint density at radius 2 is 1.75 bits per heavy atom. The lowest BCUT2D eigenvalue weighted by molar-refractivity contribution is -0.134. The quantitative estimate of drug-likeness (QED) is 0.275. The monoisotopic (exact) mass is 592 g/mol. The van der Waals surface area contributed by atoms with Gasteiger partial charge in [-0.1, -0.05) is 61.5 Å². The van der Waals surface area contributed by atoms with Gasteiger partial charge in [0.2, 0.25) is 5.91 Å². The fourth-order valence-corrected chi connectivity index (χ4v) is 5.55. The number of pyridine rings is 1. The fraction of sp³-hybridized carbons (Fsp3) is 0.306. The van der Waals surface area contributed by atoms with Crippen LogP contribution in [0.15, 0.2) is 97.3 Å². The van der Waals surface area contributed by atoms with Crippen LogP contribution in [-0.2, 0) is 17.8 Å². The molecule has 0 saturated heterocycles. The van der Waals surface area contributed by atoms with Crippen LogP contribution < -0.4 is 10.1 Å². The number of hydrogen-bond acceptors (Lipinski definition) is 6. The van der Waals surface area contributed by atoms with Gasteiger partial charge >= 0.3 is 0 Å². The van der Waals surface area contributed by atoms with E-state index < -0.39 is 0 Å². The number of amides is 2. The molecule has 4 aromatic rings. The molecule has 228 valence electrons. The summed E-state index contributed by atoms with van der Waals surface area (Å²) >= 11 is 0. The average molecular weight is 593 g/mol. The van der Waals surface area contributed by atoms with Crippen LogP contribution in [0.2, 0.25) is 0 Å². The Morgan fingerprint density at radius 1 is 1.05 bits per heavy atom. The summed E-state index contributed by atoms with van der Waals surface area (Å²) in [7, 11) is 2.08. The van der Waals surface area contributed by atoms with E-state index in [9.17, 15) is 14.7 Å². The van der Waals surface area contributed by atoms with Gasteiger partial charge in [-0.05, 0) is 61.0 Å². The molecule has 0 spiro atoms. The minimum absolute atomic E-state index is 0.00660. The molecule has 2 amide bonds. The van der Waals surface area contributed by atoms with Crippen LogP contribution in [0.5, 0.6) is 5.75 Å². The molecule has 2 heterocycles. The van der Waals surface area contributed by atoms with Gasteiger partial charge in [-0.25, -0.2) is 0 Å². The molecule has 44 heavy (non-hydrogen) atoms. The summed E-state index contributed by atoms with van der Waals surface area (Å²) in [5, 5.41) is 12.9. The smallest absolute Gasteiger partial charge is 0.255 e. The van der Waals surface area contributed by atoms with E-state index in [0.29, 0.717) is 35.7 Å². The van der Waals surface area contributed by atoms with Gasteiger partial charge < -0.3 is 20.1 Å². The van der Waals surface area contributed by atoms with Crippen molar-refractivity contribution in [2.24, 2.45) is 5.92 Å². The Kier molecular flexibility index (Phi) is 10.0. The van der Waals surface area contributed by atoms with Gasteiger partial charge in [-0.3, -0.25) is 19.5 Å². The lowest BCUT2D eigenvalue weighted by Crippen LogP contribution is -2.47. The number of nitrogens with one attached hydrogen (secondary N) is 1. The Labute approximate surface area is 259 Å². The zero-order chi connectivity index (χ0) is 31.1. The number of aliphatic hydroxyl groups excluding tert-OH is 1. The maximum atomic E-state index is 13.5. The summed E-state index contributed by atoms with van der Waals surface area (Å²) in [6, 6.07) is 27.3. The first-order chi connectivity index (χ1) is 21.3. The van der Waals surface area contributed by atoms with Crippen molar-refractivity contribution in [2.75, 3.05) is 32.1 Å². The Hall–Kier alpha value is -4.53. The summed E-state index contributed by atoms with van der Waals surface area (Å²) in [5.74, 6) is 0.264. The highest BCUT2D eigenvalue weighted by molar-refractivity contribution is 6.04. The summed E-state index contributed by atoms with van der Waals surface area (Å²) in [4.78, 5) is 34.3. The summed E-state index contributed by atoms with van der Waals surface area (Å²) in [6.07, 6.45) is 3.02. The van der Waals surface area contributed by atoms with Gasteiger partial charge in [0, 0.05) is 54.8 Å². The summed E-state index contributed by atoms with van der Waals surface area (Å²) < 4.78 is 6.67. The Bertz CT molecular complexity index is 1550. The number of likely N-dealkylation sites (N-methyl/N-ethyl adjacent to an activating group) is 1. The minimum atomic E-state index is -0.331. The standard InChI is InChI=1S/C36H40N4O4/c1-25-21-40(26(2)24-41)35(42)20-31-19-32(38-36(43)30-15-17-37-18-16-30)13-14-33(31)44-34(25)23-39(3)22-27-9-11-29(12-10-27)28-7-5-4-6-8-28/h4-19,25-26,34,41H,20-24H2,1-3H3,(H,38,43)/t25-,26-,34-/m1/s1. The number of aliphatic hydroxyl groups is 1. The molecule has 3 aromatic carbocycles. The number of nitrogens with zero attached hydrogens (tertiary/aromatic N) is 3. The van der Waals surface area contributed by atoms with Gasteiger partial charge in [0.15, 0.2) is 0 Å². The predicted octanol–water partition coefficient (Wildman–Crippen LogP) is 5.28. The van der Waals surface area contributed by atoms with Gasteiger partial charge in [0.1, 0.15) is 11.9 Å². The number of carbonyl (C=O) groups excluding carboxylic acids is 2. The summed E-state index contributed by atoms with van der Waals surface area (Å²) in [6.45, 7) is 5.66. The van der Waals surface area contributed by atoms with Crippen molar-refractivity contribution >= 4 is 17.5 Å². The van der Waals surface area contributed by atoms with Crippen LogP contribution in [0.3, 0.4) is 0 Å². The van der Waals surface area contributed by atoms with Gasteiger partial charge in [-0.2, -0.15) is 0 Å². The third kappa shape index (κ3) is 7.70. The van der Waals surface area contributed by atoms with Crippen molar-refractivity contribution in [3.63, 3.8) is 0 Å². The van der Waals surface area contributed by atoms with Crippen LogP contribution >= 0.6 is 0 Å². The molecule has 0 bridgehead atoms. The Balaban J connectivity index is 1.35.